The van der Waals surface area contributed by atoms with Crippen LogP contribution in [0.1, 0.15) is 25.0 Å². The number of hydrogen-bond donors (Lipinski definition) is 1. The smallest absolute Gasteiger partial charge is 0.152 e. The van der Waals surface area contributed by atoms with Crippen molar-refractivity contribution in [2.24, 2.45) is 15.3 Å². The Kier molecular flexibility index (Phi) is 5.31. The molecule has 0 radical (unpaired) electrons. The van der Waals surface area contributed by atoms with Crippen molar-refractivity contribution in [1.29, 1.82) is 0 Å². The van der Waals surface area contributed by atoms with Gasteiger partial charge in [0.2, 0.25) is 0 Å². The second-order valence-electron chi connectivity index (χ2n) is 4.75. The van der Waals surface area contributed by atoms with Gasteiger partial charge in [-0.05, 0) is 13.8 Å². The van der Waals surface area contributed by atoms with E-state index >= 15 is 0 Å². The van der Waals surface area contributed by atoms with Crippen molar-refractivity contribution < 1.29 is 9.68 Å². The number of aliphatic imine (C=N–C) groups is 1. The highest BCUT2D eigenvalue weighted by Gasteiger charge is 2.18. The topological polar surface area (TPSA) is 67.6 Å². The van der Waals surface area contributed by atoms with Gasteiger partial charge in [0, 0.05) is 17.7 Å². The van der Waals surface area contributed by atoms with Crippen molar-refractivity contribution in [3.05, 3.63) is 35.4 Å². The van der Waals surface area contributed by atoms with E-state index in [9.17, 15) is 0 Å². The van der Waals surface area contributed by atoms with Gasteiger partial charge in [0.1, 0.15) is 13.7 Å². The monoisotopic (exact) mass is 288 g/mol. The molecule has 1 aromatic rings. The first-order chi connectivity index (χ1) is 10.2. The molecule has 2 rings (SSSR count). The number of oxime groups is 2. The summed E-state index contributed by atoms with van der Waals surface area (Å²) in [7, 11) is 1.53. The summed E-state index contributed by atoms with van der Waals surface area (Å²) in [4.78, 5) is 14.7. The van der Waals surface area contributed by atoms with Crippen LogP contribution in [0.15, 0.2) is 39.6 Å². The molecular weight excluding hydrogens is 268 g/mol. The van der Waals surface area contributed by atoms with E-state index in [0.717, 1.165) is 35.8 Å². The number of rotatable bonds is 6. The highest BCUT2D eigenvalue weighted by Crippen LogP contribution is 2.14. The van der Waals surface area contributed by atoms with E-state index in [2.05, 4.69) is 20.6 Å². The molecule has 1 aliphatic rings. The molecule has 21 heavy (non-hydrogen) atoms. The number of benzene rings is 1. The quantitative estimate of drug-likeness (QED) is 0.642. The fourth-order valence-corrected chi connectivity index (χ4v) is 1.98. The predicted molar refractivity (Wildman–Crippen MR) is 83.9 cm³/mol. The molecule has 1 aliphatic heterocycles. The van der Waals surface area contributed by atoms with Gasteiger partial charge in [-0.1, -0.05) is 34.6 Å². The van der Waals surface area contributed by atoms with Crippen LogP contribution in [0.25, 0.3) is 0 Å². The molecule has 0 spiro atoms. The average molecular weight is 288 g/mol. The second kappa shape index (κ2) is 7.42. The van der Waals surface area contributed by atoms with Crippen LogP contribution in [-0.2, 0) is 16.3 Å². The zero-order valence-corrected chi connectivity index (χ0v) is 12.6. The third kappa shape index (κ3) is 4.05. The van der Waals surface area contributed by atoms with Gasteiger partial charge in [-0.25, -0.2) is 0 Å². The fraction of sp³-hybridized carbons (Fsp3) is 0.400. The molecule has 0 aliphatic carbocycles. The lowest BCUT2D eigenvalue weighted by atomic mass is 10.0. The lowest BCUT2D eigenvalue weighted by Gasteiger charge is -2.11. The first-order valence-electron chi connectivity index (χ1n) is 6.83. The molecule has 0 aromatic heterocycles. The van der Waals surface area contributed by atoms with E-state index in [0.29, 0.717) is 12.3 Å². The molecule has 1 heterocycles. The Morgan fingerprint density at radius 3 is 2.76 bits per heavy atom. The first kappa shape index (κ1) is 15.0. The lowest BCUT2D eigenvalue weighted by Crippen LogP contribution is -2.29. The minimum atomic E-state index is 0.372. The summed E-state index contributed by atoms with van der Waals surface area (Å²) in [6, 6.07) is 7.87. The van der Waals surface area contributed by atoms with Gasteiger partial charge in [0.25, 0.3) is 0 Å². The molecule has 0 amide bonds. The van der Waals surface area contributed by atoms with Crippen molar-refractivity contribution in [1.82, 2.24) is 5.32 Å². The Bertz CT molecular complexity index is 575. The average Bonchev–Trinajstić information content (AvgIpc) is 2.99. The maximum atomic E-state index is 5.34. The molecule has 1 aromatic carbocycles. The normalized spacial score (nSPS) is 14.2. The van der Waals surface area contributed by atoms with Gasteiger partial charge in [-0.2, -0.15) is 0 Å². The molecule has 0 saturated carbocycles. The first-order valence-corrected chi connectivity index (χ1v) is 6.83. The van der Waals surface area contributed by atoms with Gasteiger partial charge in [0.15, 0.2) is 11.5 Å². The van der Waals surface area contributed by atoms with Crippen LogP contribution < -0.4 is 5.32 Å². The van der Waals surface area contributed by atoms with E-state index in [1.54, 1.807) is 0 Å². The number of nitrogens with one attached hydrogen (secondary N) is 1. The van der Waals surface area contributed by atoms with Crippen molar-refractivity contribution >= 4 is 17.3 Å². The van der Waals surface area contributed by atoms with E-state index in [4.69, 9.17) is 9.68 Å². The molecule has 0 atom stereocenters. The van der Waals surface area contributed by atoms with E-state index < -0.39 is 0 Å². The maximum Gasteiger partial charge on any atom is 0.152 e. The summed E-state index contributed by atoms with van der Waals surface area (Å²) in [6.45, 7) is 5.71. The highest BCUT2D eigenvalue weighted by atomic mass is 16.6. The van der Waals surface area contributed by atoms with Gasteiger partial charge >= 0.3 is 0 Å². The van der Waals surface area contributed by atoms with E-state index in [-0.39, 0.29) is 0 Å². The molecule has 0 unspecified atom stereocenters. The van der Waals surface area contributed by atoms with Crippen LogP contribution in [0.4, 0.5) is 0 Å². The summed E-state index contributed by atoms with van der Waals surface area (Å²) in [5.74, 6) is 0.750. The van der Waals surface area contributed by atoms with Crippen LogP contribution >= 0.6 is 0 Å². The second-order valence-corrected chi connectivity index (χ2v) is 4.75. The lowest BCUT2D eigenvalue weighted by molar-refractivity contribution is 0.130. The molecule has 6 heteroatoms. The Labute approximate surface area is 124 Å². The van der Waals surface area contributed by atoms with Gasteiger partial charge in [-0.3, -0.25) is 4.99 Å². The summed E-state index contributed by atoms with van der Waals surface area (Å²) in [6.07, 6.45) is 0. The zero-order chi connectivity index (χ0) is 15.1. The molecule has 0 bridgehead atoms. The molecule has 6 nitrogen and oxygen atoms in total. The predicted octanol–water partition coefficient (Wildman–Crippen LogP) is 1.95. The molecule has 1 N–H and O–H groups in total. The number of hydrogen-bond acceptors (Lipinski definition) is 6. The van der Waals surface area contributed by atoms with Gasteiger partial charge in [-0.15, -0.1) is 0 Å². The zero-order valence-electron chi connectivity index (χ0n) is 12.6. The number of amidine groups is 1. The van der Waals surface area contributed by atoms with Crippen molar-refractivity contribution in [3.8, 4) is 0 Å². The minimum Gasteiger partial charge on any atom is -0.399 e. The third-order valence-corrected chi connectivity index (χ3v) is 2.82. The van der Waals surface area contributed by atoms with Crippen molar-refractivity contribution in [2.45, 2.75) is 20.5 Å². The fourth-order valence-electron chi connectivity index (χ4n) is 1.98. The minimum absolute atomic E-state index is 0.372. The van der Waals surface area contributed by atoms with Crippen LogP contribution in [0.3, 0.4) is 0 Å². The summed E-state index contributed by atoms with van der Waals surface area (Å²) in [5, 5.41) is 11.3. The Morgan fingerprint density at radius 2 is 2.10 bits per heavy atom. The largest absolute Gasteiger partial charge is 0.399 e. The summed E-state index contributed by atoms with van der Waals surface area (Å²) < 4.78 is 0. The van der Waals surface area contributed by atoms with Gasteiger partial charge in [0.05, 0.1) is 12.3 Å². The molecule has 0 fully saturated rings. The van der Waals surface area contributed by atoms with E-state index in [1.807, 2.05) is 38.1 Å². The Balaban J connectivity index is 2.28. The molecular formula is C15H20N4O2. The van der Waals surface area contributed by atoms with Crippen LogP contribution in [-0.4, -0.2) is 37.5 Å². The number of nitrogens with zero attached hydrogens (tertiary/aromatic N) is 3. The van der Waals surface area contributed by atoms with Crippen molar-refractivity contribution in [2.75, 3.05) is 20.2 Å². The Hall–Kier alpha value is -2.37. The maximum absolute atomic E-state index is 5.34. The van der Waals surface area contributed by atoms with Crippen molar-refractivity contribution in [3.63, 3.8) is 0 Å². The van der Waals surface area contributed by atoms with Crippen LogP contribution in [0.2, 0.25) is 0 Å². The highest BCUT2D eigenvalue weighted by molar-refractivity contribution is 6.48. The summed E-state index contributed by atoms with van der Waals surface area (Å²) >= 11 is 0. The molecule has 112 valence electrons. The van der Waals surface area contributed by atoms with E-state index in [1.165, 1.54) is 7.11 Å². The third-order valence-electron chi connectivity index (χ3n) is 2.82. The van der Waals surface area contributed by atoms with Crippen LogP contribution in [0.5, 0.6) is 0 Å². The summed E-state index contributed by atoms with van der Waals surface area (Å²) in [5.41, 5.74) is 3.47. The van der Waals surface area contributed by atoms with Crippen LogP contribution in [0, 0.1) is 0 Å². The molecule has 0 saturated heterocycles. The SMILES string of the molecule is CON=C(C1=NCCN1)c1ccccc1CON=C(C)C. The standard InChI is InChI=1S/C15H20N4O2/c1-11(2)18-21-10-12-6-4-5-7-13(12)14(19-20-3)15-16-8-9-17-15/h4-7H,8-10H2,1-3H3,(H,16,17). The van der Waals surface area contributed by atoms with Gasteiger partial charge < -0.3 is 15.0 Å². The Morgan fingerprint density at radius 1 is 1.29 bits per heavy atom.